The lowest BCUT2D eigenvalue weighted by Gasteiger charge is -2.06. The minimum Gasteiger partial charge on any atom is -0.481 e. The fraction of sp³-hybridized carbons (Fsp3) is 0.176. The Morgan fingerprint density at radius 1 is 1.24 bits per heavy atom. The number of H-pyrrole nitrogens is 1. The topological polar surface area (TPSA) is 123 Å². The molecule has 25 heavy (non-hydrogen) atoms. The molecule has 0 saturated heterocycles. The number of aryl methyl sites for hydroxylation is 1. The highest BCUT2D eigenvalue weighted by atomic mass is 16.4. The van der Waals surface area contributed by atoms with Gasteiger partial charge in [0, 0.05) is 18.0 Å². The number of nitrogens with one attached hydrogen (secondary N) is 1. The van der Waals surface area contributed by atoms with Crippen molar-refractivity contribution in [3.05, 3.63) is 48.2 Å². The van der Waals surface area contributed by atoms with Crippen LogP contribution in [0.25, 0.3) is 22.1 Å². The molecule has 126 valence electrons. The van der Waals surface area contributed by atoms with Gasteiger partial charge in [0.05, 0.1) is 18.4 Å². The molecule has 0 atom stereocenters. The zero-order chi connectivity index (χ0) is 17.4. The number of carbonyl (C=O) groups is 1. The van der Waals surface area contributed by atoms with Crippen LogP contribution in [0.4, 0.5) is 5.82 Å². The van der Waals surface area contributed by atoms with Gasteiger partial charge in [0.2, 0.25) is 0 Å². The number of aromatic nitrogens is 5. The largest absolute Gasteiger partial charge is 0.481 e. The lowest BCUT2D eigenvalue weighted by atomic mass is 10.1. The lowest BCUT2D eigenvalue weighted by Crippen LogP contribution is -2.01. The van der Waals surface area contributed by atoms with Gasteiger partial charge in [-0.2, -0.15) is 0 Å². The van der Waals surface area contributed by atoms with Crippen LogP contribution in [-0.2, 0) is 17.8 Å². The second kappa shape index (κ2) is 5.90. The Morgan fingerprint density at radius 2 is 2.12 bits per heavy atom. The Kier molecular flexibility index (Phi) is 3.57. The van der Waals surface area contributed by atoms with E-state index in [-0.39, 0.29) is 6.42 Å². The monoisotopic (exact) mass is 336 g/mol. The van der Waals surface area contributed by atoms with Crippen molar-refractivity contribution in [2.45, 2.75) is 19.4 Å². The van der Waals surface area contributed by atoms with Crippen molar-refractivity contribution >= 4 is 33.9 Å². The van der Waals surface area contributed by atoms with Crippen molar-refractivity contribution in [3.63, 3.8) is 0 Å². The first kappa shape index (κ1) is 15.1. The van der Waals surface area contributed by atoms with Crippen molar-refractivity contribution in [1.29, 1.82) is 0 Å². The Morgan fingerprint density at radius 3 is 2.96 bits per heavy atom. The Hall–Kier alpha value is -3.42. The van der Waals surface area contributed by atoms with Gasteiger partial charge >= 0.3 is 5.97 Å². The molecule has 3 heterocycles. The van der Waals surface area contributed by atoms with Gasteiger partial charge in [0.25, 0.3) is 0 Å². The summed E-state index contributed by atoms with van der Waals surface area (Å²) in [6.45, 7) is 0.573. The number of fused-ring (bicyclic) bond motifs is 2. The van der Waals surface area contributed by atoms with Crippen molar-refractivity contribution < 1.29 is 9.90 Å². The van der Waals surface area contributed by atoms with E-state index < -0.39 is 5.97 Å². The van der Waals surface area contributed by atoms with E-state index in [4.69, 9.17) is 10.8 Å². The van der Waals surface area contributed by atoms with E-state index in [0.717, 1.165) is 22.0 Å². The minimum absolute atomic E-state index is 0.111. The molecule has 4 aromatic rings. The highest BCUT2D eigenvalue weighted by Crippen LogP contribution is 2.24. The van der Waals surface area contributed by atoms with E-state index in [1.54, 1.807) is 6.33 Å². The Bertz CT molecular complexity index is 1080. The SMILES string of the molecule is Nc1ncnc2c1ncn2Cc1cccc2c(CCC(=O)O)c[nH]c12. The number of imidazole rings is 1. The van der Waals surface area contributed by atoms with Crippen molar-refractivity contribution in [2.75, 3.05) is 5.73 Å². The molecule has 0 bridgehead atoms. The first-order valence-electron chi connectivity index (χ1n) is 7.84. The van der Waals surface area contributed by atoms with Crippen molar-refractivity contribution in [2.24, 2.45) is 0 Å². The van der Waals surface area contributed by atoms with Crippen LogP contribution in [0.3, 0.4) is 0 Å². The van der Waals surface area contributed by atoms with E-state index in [1.807, 2.05) is 29.0 Å². The third-order valence-electron chi connectivity index (χ3n) is 4.27. The quantitative estimate of drug-likeness (QED) is 0.512. The number of benzene rings is 1. The summed E-state index contributed by atoms with van der Waals surface area (Å²) < 4.78 is 1.92. The van der Waals surface area contributed by atoms with E-state index in [9.17, 15) is 4.79 Å². The molecule has 0 saturated carbocycles. The first-order valence-corrected chi connectivity index (χ1v) is 7.84. The summed E-state index contributed by atoms with van der Waals surface area (Å²) in [6, 6.07) is 5.99. The van der Waals surface area contributed by atoms with Gasteiger partial charge in [-0.1, -0.05) is 18.2 Å². The summed E-state index contributed by atoms with van der Waals surface area (Å²) >= 11 is 0. The lowest BCUT2D eigenvalue weighted by molar-refractivity contribution is -0.136. The number of nitrogens with two attached hydrogens (primary N) is 1. The van der Waals surface area contributed by atoms with Crippen LogP contribution in [-0.4, -0.2) is 35.6 Å². The van der Waals surface area contributed by atoms with Crippen LogP contribution in [0.1, 0.15) is 17.5 Å². The summed E-state index contributed by atoms with van der Waals surface area (Å²) in [5, 5.41) is 9.93. The number of nitrogen functional groups attached to an aromatic ring is 1. The molecule has 3 aromatic heterocycles. The van der Waals surface area contributed by atoms with Gasteiger partial charge in [-0.25, -0.2) is 15.0 Å². The number of para-hydroxylation sites is 1. The molecule has 8 heteroatoms. The van der Waals surface area contributed by atoms with Crippen molar-refractivity contribution in [1.82, 2.24) is 24.5 Å². The minimum atomic E-state index is -0.798. The standard InChI is InChI=1S/C17H16N6O2/c18-16-15-17(21-8-20-16)23(9-22-15)7-11-2-1-3-12-10(4-5-13(24)25)6-19-14(11)12/h1-3,6,8-9,19H,4-5,7H2,(H,24,25)(H2,18,20,21). The third-order valence-corrected chi connectivity index (χ3v) is 4.27. The number of aromatic amines is 1. The number of carboxylic acids is 1. The van der Waals surface area contributed by atoms with Gasteiger partial charge in [0.15, 0.2) is 11.5 Å². The van der Waals surface area contributed by atoms with Gasteiger partial charge in [-0.05, 0) is 17.5 Å². The molecule has 8 nitrogen and oxygen atoms in total. The number of hydrogen-bond donors (Lipinski definition) is 3. The summed E-state index contributed by atoms with van der Waals surface area (Å²) in [7, 11) is 0. The zero-order valence-corrected chi connectivity index (χ0v) is 13.3. The third kappa shape index (κ3) is 2.67. The first-order chi connectivity index (χ1) is 12.1. The Labute approximate surface area is 142 Å². The molecule has 0 radical (unpaired) electrons. The Balaban J connectivity index is 1.72. The van der Waals surface area contributed by atoms with Gasteiger partial charge in [-0.15, -0.1) is 0 Å². The predicted octanol–water partition coefficient (Wildman–Crippen LogP) is 1.96. The summed E-state index contributed by atoms with van der Waals surface area (Å²) in [5.74, 6) is -0.439. The highest BCUT2D eigenvalue weighted by Gasteiger charge is 2.12. The molecule has 0 fully saturated rings. The number of anilines is 1. The number of carboxylic acid groups (broad SMARTS) is 1. The second-order valence-corrected chi connectivity index (χ2v) is 5.85. The fourth-order valence-electron chi connectivity index (χ4n) is 3.05. The highest BCUT2D eigenvalue weighted by molar-refractivity contribution is 5.87. The average molecular weight is 336 g/mol. The van der Waals surface area contributed by atoms with Crippen LogP contribution in [0.15, 0.2) is 37.1 Å². The predicted molar refractivity (Wildman–Crippen MR) is 93.1 cm³/mol. The van der Waals surface area contributed by atoms with E-state index in [2.05, 4.69) is 19.9 Å². The molecule has 0 aliphatic heterocycles. The van der Waals surface area contributed by atoms with Gasteiger partial charge < -0.3 is 20.4 Å². The number of rotatable bonds is 5. The molecule has 1 aromatic carbocycles. The van der Waals surface area contributed by atoms with Crippen LogP contribution in [0.5, 0.6) is 0 Å². The maximum Gasteiger partial charge on any atom is 0.303 e. The summed E-state index contributed by atoms with van der Waals surface area (Å²) in [4.78, 5) is 26.6. The maximum absolute atomic E-state index is 10.8. The van der Waals surface area contributed by atoms with Crippen molar-refractivity contribution in [3.8, 4) is 0 Å². The molecule has 4 rings (SSSR count). The smallest absolute Gasteiger partial charge is 0.303 e. The van der Waals surface area contributed by atoms with E-state index in [0.29, 0.717) is 29.9 Å². The molecule has 0 unspecified atom stereocenters. The van der Waals surface area contributed by atoms with Crippen LogP contribution >= 0.6 is 0 Å². The molecule has 4 N–H and O–H groups in total. The summed E-state index contributed by atoms with van der Waals surface area (Å²) in [6.07, 6.45) is 5.61. The molecule has 0 amide bonds. The van der Waals surface area contributed by atoms with E-state index >= 15 is 0 Å². The maximum atomic E-state index is 10.8. The van der Waals surface area contributed by atoms with Gasteiger partial charge in [-0.3, -0.25) is 4.79 Å². The molecular formula is C17H16N6O2. The van der Waals surface area contributed by atoms with Gasteiger partial charge in [0.1, 0.15) is 11.8 Å². The van der Waals surface area contributed by atoms with Crippen LogP contribution < -0.4 is 5.73 Å². The number of nitrogens with zero attached hydrogens (tertiary/aromatic N) is 4. The van der Waals surface area contributed by atoms with Crippen LogP contribution in [0, 0.1) is 0 Å². The molecule has 0 spiro atoms. The average Bonchev–Trinajstić information content (AvgIpc) is 3.19. The molecular weight excluding hydrogens is 320 g/mol. The molecule has 0 aliphatic carbocycles. The van der Waals surface area contributed by atoms with Crippen LogP contribution in [0.2, 0.25) is 0 Å². The molecule has 0 aliphatic rings. The fourth-order valence-corrected chi connectivity index (χ4v) is 3.05. The number of hydrogen-bond acceptors (Lipinski definition) is 5. The normalized spacial score (nSPS) is 11.4. The number of aliphatic carboxylic acids is 1. The zero-order valence-electron chi connectivity index (χ0n) is 13.3. The summed E-state index contributed by atoms with van der Waals surface area (Å²) in [5.41, 5.74) is 10.2. The van der Waals surface area contributed by atoms with E-state index in [1.165, 1.54) is 6.33 Å². The second-order valence-electron chi connectivity index (χ2n) is 5.85.